The Kier molecular flexibility index (Phi) is 6.83. The number of nitrogens with zero attached hydrogens (tertiary/aromatic N) is 2. The largest absolute Gasteiger partial charge is 0.416 e. The molecule has 0 radical (unpaired) electrons. The Labute approximate surface area is 194 Å². The number of amides is 1. The molecule has 3 aromatic rings. The lowest BCUT2D eigenvalue weighted by Gasteiger charge is -2.34. The highest BCUT2D eigenvalue weighted by molar-refractivity contribution is 7.14. The molecule has 1 amide bonds. The average Bonchev–Trinajstić information content (AvgIpc) is 3.19. The number of thiazole rings is 1. The van der Waals surface area contributed by atoms with Crippen LogP contribution in [0.2, 0.25) is 0 Å². The number of carbonyl (C=O) groups excluding carboxylic acids is 1. The Balaban J connectivity index is 1.47. The summed E-state index contributed by atoms with van der Waals surface area (Å²) in [4.78, 5) is 19.8. The van der Waals surface area contributed by atoms with Gasteiger partial charge in [0.25, 0.3) is 5.91 Å². The van der Waals surface area contributed by atoms with Crippen molar-refractivity contribution in [1.29, 1.82) is 0 Å². The molecule has 2 heterocycles. The average molecular weight is 476 g/mol. The van der Waals surface area contributed by atoms with Crippen molar-refractivity contribution in [2.75, 3.05) is 18.4 Å². The minimum absolute atomic E-state index is 0.160. The monoisotopic (exact) mass is 475 g/mol. The fourth-order valence-electron chi connectivity index (χ4n) is 4.02. The number of hydrogen-bond donors (Lipinski definition) is 1. The molecule has 5 nitrogen and oxygen atoms in total. The molecule has 4 rings (SSSR count). The molecule has 1 N–H and O–H groups in total. The first-order valence-corrected chi connectivity index (χ1v) is 11.5. The van der Waals surface area contributed by atoms with Crippen molar-refractivity contribution in [3.05, 3.63) is 70.7 Å². The first-order chi connectivity index (χ1) is 15.7. The summed E-state index contributed by atoms with van der Waals surface area (Å²) in [5.41, 5.74) is 1.59. The van der Waals surface area contributed by atoms with E-state index >= 15 is 0 Å². The molecule has 33 heavy (non-hydrogen) atoms. The fraction of sp³-hybridized carbons (Fsp3) is 0.333. The van der Waals surface area contributed by atoms with Crippen molar-refractivity contribution in [2.45, 2.75) is 38.8 Å². The van der Waals surface area contributed by atoms with E-state index in [2.05, 4.69) is 15.2 Å². The van der Waals surface area contributed by atoms with Gasteiger partial charge in [0.15, 0.2) is 5.13 Å². The molecule has 2 unspecified atom stereocenters. The Bertz CT molecular complexity index is 1100. The van der Waals surface area contributed by atoms with Gasteiger partial charge in [-0.1, -0.05) is 30.3 Å². The third-order valence-electron chi connectivity index (χ3n) is 5.35. The number of aromatic nitrogens is 1. The number of rotatable bonds is 5. The van der Waals surface area contributed by atoms with Gasteiger partial charge in [0.2, 0.25) is 0 Å². The minimum Gasteiger partial charge on any atom is -0.373 e. The lowest BCUT2D eigenvalue weighted by molar-refractivity contribution is -0.137. The number of anilines is 1. The molecule has 0 spiro atoms. The van der Waals surface area contributed by atoms with E-state index in [1.165, 1.54) is 23.5 Å². The van der Waals surface area contributed by atoms with E-state index in [9.17, 15) is 18.0 Å². The lowest BCUT2D eigenvalue weighted by atomic mass is 9.98. The number of carbonyl (C=O) groups is 1. The summed E-state index contributed by atoms with van der Waals surface area (Å²) in [7, 11) is 0. The van der Waals surface area contributed by atoms with Crippen LogP contribution in [0.1, 0.15) is 35.5 Å². The third kappa shape index (κ3) is 5.79. The van der Waals surface area contributed by atoms with Crippen LogP contribution in [-0.4, -0.2) is 41.1 Å². The standard InChI is InChI=1S/C24H24F3N3O2S/c1-15-11-30(12-16(2)32-15)13-19-14-33-23(28-19)29-22(31)21-6-4-3-5-20(21)17-7-9-18(10-8-17)24(25,26)27/h3-10,14-16H,11-13H2,1-2H3,(H,28,29,31). The van der Waals surface area contributed by atoms with Gasteiger partial charge in [-0.3, -0.25) is 15.0 Å². The molecule has 2 atom stereocenters. The molecule has 174 valence electrons. The summed E-state index contributed by atoms with van der Waals surface area (Å²) in [5.74, 6) is -0.361. The summed E-state index contributed by atoms with van der Waals surface area (Å²) in [6.45, 7) is 6.41. The normalized spacial score (nSPS) is 19.4. The van der Waals surface area contributed by atoms with Gasteiger partial charge in [-0.25, -0.2) is 4.98 Å². The number of nitrogens with one attached hydrogen (secondary N) is 1. The molecular formula is C24H24F3N3O2S. The molecule has 1 aliphatic heterocycles. The summed E-state index contributed by atoms with van der Waals surface area (Å²) in [6.07, 6.45) is -4.09. The van der Waals surface area contributed by atoms with Crippen LogP contribution in [0.5, 0.6) is 0 Å². The zero-order chi connectivity index (χ0) is 23.6. The van der Waals surface area contributed by atoms with E-state index in [0.717, 1.165) is 30.9 Å². The van der Waals surface area contributed by atoms with Crippen LogP contribution in [-0.2, 0) is 17.5 Å². The molecular weight excluding hydrogens is 451 g/mol. The van der Waals surface area contributed by atoms with Crippen molar-refractivity contribution in [1.82, 2.24) is 9.88 Å². The van der Waals surface area contributed by atoms with Crippen LogP contribution in [0.4, 0.5) is 18.3 Å². The quantitative estimate of drug-likeness (QED) is 0.515. The molecule has 2 aromatic carbocycles. The number of halogens is 3. The highest BCUT2D eigenvalue weighted by Gasteiger charge is 2.30. The van der Waals surface area contributed by atoms with E-state index in [4.69, 9.17) is 4.74 Å². The van der Waals surface area contributed by atoms with Crippen molar-refractivity contribution in [3.63, 3.8) is 0 Å². The summed E-state index contributed by atoms with van der Waals surface area (Å²) < 4.78 is 44.4. The van der Waals surface area contributed by atoms with E-state index in [0.29, 0.717) is 28.4 Å². The maximum Gasteiger partial charge on any atom is 0.416 e. The molecule has 0 aliphatic carbocycles. The van der Waals surface area contributed by atoms with Gasteiger partial charge in [0.1, 0.15) is 0 Å². The van der Waals surface area contributed by atoms with Crippen LogP contribution >= 0.6 is 11.3 Å². The molecule has 1 fully saturated rings. The Morgan fingerprint density at radius 1 is 1.12 bits per heavy atom. The maximum atomic E-state index is 13.0. The second-order valence-electron chi connectivity index (χ2n) is 8.17. The van der Waals surface area contributed by atoms with Crippen LogP contribution in [0.15, 0.2) is 53.9 Å². The number of morpholine rings is 1. The summed E-state index contributed by atoms with van der Waals surface area (Å²) in [6, 6.07) is 11.6. The van der Waals surface area contributed by atoms with Gasteiger partial charge in [-0.15, -0.1) is 11.3 Å². The fourth-order valence-corrected chi connectivity index (χ4v) is 4.71. The van der Waals surface area contributed by atoms with Crippen molar-refractivity contribution >= 4 is 22.4 Å². The minimum atomic E-state index is -4.41. The SMILES string of the molecule is CC1CN(Cc2csc(NC(=O)c3ccccc3-c3ccc(C(F)(F)F)cc3)n2)CC(C)O1. The smallest absolute Gasteiger partial charge is 0.373 e. The predicted molar refractivity (Wildman–Crippen MR) is 122 cm³/mol. The Hall–Kier alpha value is -2.75. The highest BCUT2D eigenvalue weighted by Crippen LogP contribution is 2.32. The first-order valence-electron chi connectivity index (χ1n) is 10.6. The number of alkyl halides is 3. The van der Waals surface area contributed by atoms with Gasteiger partial charge < -0.3 is 4.74 Å². The van der Waals surface area contributed by atoms with Gasteiger partial charge in [-0.05, 0) is 43.2 Å². The van der Waals surface area contributed by atoms with E-state index in [1.54, 1.807) is 24.3 Å². The zero-order valence-electron chi connectivity index (χ0n) is 18.2. The van der Waals surface area contributed by atoms with Gasteiger partial charge in [0.05, 0.1) is 23.5 Å². The van der Waals surface area contributed by atoms with E-state index in [-0.39, 0.29) is 18.1 Å². The number of benzene rings is 2. The summed E-state index contributed by atoms with van der Waals surface area (Å²) in [5, 5.41) is 5.22. The van der Waals surface area contributed by atoms with Gasteiger partial charge in [-0.2, -0.15) is 13.2 Å². The van der Waals surface area contributed by atoms with Crippen LogP contribution in [0, 0.1) is 0 Å². The first kappa shape index (κ1) is 23.4. The van der Waals surface area contributed by atoms with Gasteiger partial charge in [0, 0.05) is 30.6 Å². The Morgan fingerprint density at radius 2 is 1.79 bits per heavy atom. The molecule has 1 saturated heterocycles. The van der Waals surface area contributed by atoms with Crippen molar-refractivity contribution < 1.29 is 22.7 Å². The predicted octanol–water partition coefficient (Wildman–Crippen LogP) is 5.69. The second kappa shape index (κ2) is 9.62. The van der Waals surface area contributed by atoms with Crippen LogP contribution in [0.25, 0.3) is 11.1 Å². The Morgan fingerprint density at radius 3 is 2.45 bits per heavy atom. The number of hydrogen-bond acceptors (Lipinski definition) is 5. The molecule has 0 saturated carbocycles. The lowest BCUT2D eigenvalue weighted by Crippen LogP contribution is -2.44. The van der Waals surface area contributed by atoms with E-state index in [1.807, 2.05) is 19.2 Å². The summed E-state index contributed by atoms with van der Waals surface area (Å²) >= 11 is 1.34. The molecule has 1 aromatic heterocycles. The van der Waals surface area contributed by atoms with Crippen molar-refractivity contribution in [3.8, 4) is 11.1 Å². The second-order valence-corrected chi connectivity index (χ2v) is 9.03. The van der Waals surface area contributed by atoms with E-state index < -0.39 is 11.7 Å². The third-order valence-corrected chi connectivity index (χ3v) is 6.15. The van der Waals surface area contributed by atoms with Crippen LogP contribution in [0.3, 0.4) is 0 Å². The van der Waals surface area contributed by atoms with Crippen molar-refractivity contribution in [2.24, 2.45) is 0 Å². The molecule has 9 heteroatoms. The molecule has 0 bridgehead atoms. The highest BCUT2D eigenvalue weighted by atomic mass is 32.1. The number of ether oxygens (including phenoxy) is 1. The van der Waals surface area contributed by atoms with Gasteiger partial charge >= 0.3 is 6.18 Å². The maximum absolute atomic E-state index is 13.0. The zero-order valence-corrected chi connectivity index (χ0v) is 19.0. The molecule has 1 aliphatic rings. The topological polar surface area (TPSA) is 54.5 Å². The van der Waals surface area contributed by atoms with Crippen LogP contribution < -0.4 is 5.32 Å².